The highest BCUT2D eigenvalue weighted by atomic mass is 79.9. The van der Waals surface area contributed by atoms with Crippen LogP contribution in [0, 0.1) is 0 Å². The van der Waals surface area contributed by atoms with E-state index >= 15 is 0 Å². The quantitative estimate of drug-likeness (QED) is 0.906. The summed E-state index contributed by atoms with van der Waals surface area (Å²) in [7, 11) is 3.15. The van der Waals surface area contributed by atoms with Gasteiger partial charge in [-0.1, -0.05) is 0 Å². The third kappa shape index (κ3) is 3.43. The maximum Gasteiger partial charge on any atom is 0.257 e. The lowest BCUT2D eigenvalue weighted by Gasteiger charge is -2.08. The van der Waals surface area contributed by atoms with Crippen molar-refractivity contribution < 1.29 is 14.3 Å². The maximum atomic E-state index is 10.9. The van der Waals surface area contributed by atoms with Crippen LogP contribution < -0.4 is 14.8 Å². The van der Waals surface area contributed by atoms with E-state index in [4.69, 9.17) is 9.47 Å². The number of amides is 1. The summed E-state index contributed by atoms with van der Waals surface area (Å²) in [5, 5.41) is 2.47. The van der Waals surface area contributed by atoms with Crippen molar-refractivity contribution in [3.8, 4) is 11.5 Å². The number of hydrogen-bond acceptors (Lipinski definition) is 3. The zero-order chi connectivity index (χ0) is 11.3. The van der Waals surface area contributed by atoms with Crippen molar-refractivity contribution >= 4 is 21.8 Å². The summed E-state index contributed by atoms with van der Waals surface area (Å²) in [6.07, 6.45) is 0. The summed E-state index contributed by atoms with van der Waals surface area (Å²) in [6.45, 7) is 0.00142. The topological polar surface area (TPSA) is 47.6 Å². The van der Waals surface area contributed by atoms with Crippen LogP contribution in [-0.4, -0.2) is 26.7 Å². The van der Waals surface area contributed by atoms with E-state index in [9.17, 15) is 4.79 Å². The smallest absolute Gasteiger partial charge is 0.257 e. The molecule has 15 heavy (non-hydrogen) atoms. The van der Waals surface area contributed by atoms with Gasteiger partial charge in [-0.25, -0.2) is 0 Å². The minimum absolute atomic E-state index is 0.00142. The van der Waals surface area contributed by atoms with Gasteiger partial charge in [0.1, 0.15) is 11.5 Å². The number of carbonyl (C=O) groups is 1. The fourth-order valence-corrected chi connectivity index (χ4v) is 1.41. The molecule has 1 aromatic carbocycles. The molecule has 0 spiro atoms. The predicted molar refractivity (Wildman–Crippen MR) is 60.3 cm³/mol. The Morgan fingerprint density at radius 3 is 2.80 bits per heavy atom. The highest BCUT2D eigenvalue weighted by Gasteiger charge is 2.05. The van der Waals surface area contributed by atoms with E-state index in [2.05, 4.69) is 21.2 Å². The Bertz CT molecular complexity index is 355. The third-order valence-electron chi connectivity index (χ3n) is 1.78. The van der Waals surface area contributed by atoms with E-state index in [1.54, 1.807) is 32.4 Å². The second kappa shape index (κ2) is 5.60. The second-order valence-electron chi connectivity index (χ2n) is 2.76. The summed E-state index contributed by atoms with van der Waals surface area (Å²) in [5.74, 6) is 1.17. The van der Waals surface area contributed by atoms with Crippen LogP contribution in [0.1, 0.15) is 0 Å². The molecular formula is C10H12BrNO3. The number of carbonyl (C=O) groups excluding carboxylic acids is 1. The molecule has 0 aliphatic rings. The van der Waals surface area contributed by atoms with Crippen LogP contribution in [0.25, 0.3) is 0 Å². The Kier molecular flexibility index (Phi) is 4.42. The van der Waals surface area contributed by atoms with Crippen molar-refractivity contribution in [2.24, 2.45) is 0 Å². The van der Waals surface area contributed by atoms with Crippen LogP contribution in [0.15, 0.2) is 22.7 Å². The molecule has 1 amide bonds. The second-order valence-corrected chi connectivity index (χ2v) is 3.61. The normalized spacial score (nSPS) is 9.53. The van der Waals surface area contributed by atoms with E-state index in [0.29, 0.717) is 5.75 Å². The van der Waals surface area contributed by atoms with Crippen molar-refractivity contribution in [3.05, 3.63) is 22.7 Å². The van der Waals surface area contributed by atoms with Gasteiger partial charge < -0.3 is 14.8 Å². The van der Waals surface area contributed by atoms with Crippen LogP contribution in [0.4, 0.5) is 0 Å². The van der Waals surface area contributed by atoms with Crippen LogP contribution in [0.3, 0.4) is 0 Å². The molecule has 1 rings (SSSR count). The van der Waals surface area contributed by atoms with Crippen LogP contribution in [-0.2, 0) is 4.79 Å². The van der Waals surface area contributed by atoms with E-state index in [0.717, 1.165) is 10.2 Å². The zero-order valence-corrected chi connectivity index (χ0v) is 10.1. The lowest BCUT2D eigenvalue weighted by molar-refractivity contribution is -0.122. The Labute approximate surface area is 96.7 Å². The maximum absolute atomic E-state index is 10.9. The first kappa shape index (κ1) is 11.8. The molecule has 0 heterocycles. The molecule has 1 aromatic rings. The third-order valence-corrected chi connectivity index (χ3v) is 2.40. The lowest BCUT2D eigenvalue weighted by Crippen LogP contribution is -2.24. The highest BCUT2D eigenvalue weighted by molar-refractivity contribution is 9.10. The molecule has 0 saturated heterocycles. The molecule has 1 N–H and O–H groups in total. The molecule has 82 valence electrons. The Balaban J connectivity index is 2.66. The number of likely N-dealkylation sites (N-methyl/N-ethyl adjacent to an activating group) is 1. The van der Waals surface area contributed by atoms with Crippen LogP contribution in [0.2, 0.25) is 0 Å². The number of methoxy groups -OCH3 is 1. The molecule has 0 unspecified atom stereocenters. The monoisotopic (exact) mass is 273 g/mol. The van der Waals surface area contributed by atoms with Gasteiger partial charge in [-0.15, -0.1) is 0 Å². The van der Waals surface area contributed by atoms with Crippen molar-refractivity contribution in [2.75, 3.05) is 20.8 Å². The van der Waals surface area contributed by atoms with Gasteiger partial charge in [-0.3, -0.25) is 4.79 Å². The van der Waals surface area contributed by atoms with Crippen molar-refractivity contribution in [3.63, 3.8) is 0 Å². The SMILES string of the molecule is CNC(=O)COc1ccc(OC)cc1Br. The zero-order valence-electron chi connectivity index (χ0n) is 8.54. The van der Waals surface area contributed by atoms with E-state index in [-0.39, 0.29) is 12.5 Å². The van der Waals surface area contributed by atoms with Crippen LogP contribution >= 0.6 is 15.9 Å². The number of halogens is 1. The molecule has 0 bridgehead atoms. The Morgan fingerprint density at radius 2 is 2.27 bits per heavy atom. The van der Waals surface area contributed by atoms with E-state index in [1.807, 2.05) is 0 Å². The first-order valence-corrected chi connectivity index (χ1v) is 5.13. The largest absolute Gasteiger partial charge is 0.497 e. The molecule has 0 atom stereocenters. The van der Waals surface area contributed by atoms with Gasteiger partial charge in [0.15, 0.2) is 6.61 Å². The average Bonchev–Trinajstić information content (AvgIpc) is 2.26. The molecule has 4 nitrogen and oxygen atoms in total. The van der Waals surface area contributed by atoms with E-state index < -0.39 is 0 Å². The molecule has 0 aliphatic carbocycles. The summed E-state index contributed by atoms with van der Waals surface area (Å²) in [6, 6.07) is 5.29. The molecule has 5 heteroatoms. The molecule has 0 saturated carbocycles. The summed E-state index contributed by atoms with van der Waals surface area (Å²) in [4.78, 5) is 10.9. The summed E-state index contributed by atoms with van der Waals surface area (Å²) >= 11 is 3.32. The lowest BCUT2D eigenvalue weighted by atomic mass is 10.3. The van der Waals surface area contributed by atoms with E-state index in [1.165, 1.54) is 0 Å². The fourth-order valence-electron chi connectivity index (χ4n) is 0.941. The van der Waals surface area contributed by atoms with Crippen LogP contribution in [0.5, 0.6) is 11.5 Å². The van der Waals surface area contributed by atoms with Gasteiger partial charge in [0.05, 0.1) is 11.6 Å². The number of nitrogens with one attached hydrogen (secondary N) is 1. The van der Waals surface area contributed by atoms with Gasteiger partial charge in [-0.05, 0) is 34.1 Å². The molecule has 0 aliphatic heterocycles. The standard InChI is InChI=1S/C10H12BrNO3/c1-12-10(13)6-15-9-4-3-7(14-2)5-8(9)11/h3-5H,6H2,1-2H3,(H,12,13). The molecule has 0 radical (unpaired) electrons. The summed E-state index contributed by atoms with van der Waals surface area (Å²) in [5.41, 5.74) is 0. The molecule has 0 fully saturated rings. The number of rotatable bonds is 4. The Hall–Kier alpha value is -1.23. The highest BCUT2D eigenvalue weighted by Crippen LogP contribution is 2.28. The predicted octanol–water partition coefficient (Wildman–Crippen LogP) is 1.58. The first-order chi connectivity index (χ1) is 7.17. The minimum atomic E-state index is -0.169. The van der Waals surface area contributed by atoms with Crippen molar-refractivity contribution in [2.45, 2.75) is 0 Å². The van der Waals surface area contributed by atoms with Crippen molar-refractivity contribution in [1.29, 1.82) is 0 Å². The van der Waals surface area contributed by atoms with Gasteiger partial charge in [-0.2, -0.15) is 0 Å². The van der Waals surface area contributed by atoms with Crippen molar-refractivity contribution in [1.82, 2.24) is 5.32 Å². The number of hydrogen-bond donors (Lipinski definition) is 1. The minimum Gasteiger partial charge on any atom is -0.497 e. The summed E-state index contributed by atoms with van der Waals surface area (Å²) < 4.78 is 11.1. The first-order valence-electron chi connectivity index (χ1n) is 4.34. The van der Waals surface area contributed by atoms with Gasteiger partial charge in [0.25, 0.3) is 5.91 Å². The molecular weight excluding hydrogens is 262 g/mol. The van der Waals surface area contributed by atoms with Gasteiger partial charge in [0.2, 0.25) is 0 Å². The number of ether oxygens (including phenoxy) is 2. The Morgan fingerprint density at radius 1 is 1.53 bits per heavy atom. The fraction of sp³-hybridized carbons (Fsp3) is 0.300. The average molecular weight is 274 g/mol. The van der Waals surface area contributed by atoms with Gasteiger partial charge >= 0.3 is 0 Å². The molecule has 0 aromatic heterocycles. The van der Waals surface area contributed by atoms with Gasteiger partial charge in [0, 0.05) is 7.05 Å². The number of benzene rings is 1.